The smallest absolute Gasteiger partial charge is 0.339 e. The third-order valence-corrected chi connectivity index (χ3v) is 4.77. The lowest BCUT2D eigenvalue weighted by atomic mass is 10.2. The highest BCUT2D eigenvalue weighted by molar-refractivity contribution is 5.68. The molecular weight excluding hydrogens is 494 g/mol. The Morgan fingerprint density at radius 3 is 1.32 bits per heavy atom. The van der Waals surface area contributed by atoms with Gasteiger partial charge in [-0.3, -0.25) is 0 Å². The van der Waals surface area contributed by atoms with Crippen LogP contribution in [0.2, 0.25) is 0 Å². The molecule has 8 heteroatoms. The summed E-state index contributed by atoms with van der Waals surface area (Å²) in [6, 6.07) is 17.9. The molecule has 196 valence electrons. The Morgan fingerprint density at radius 2 is 0.974 bits per heavy atom. The molecule has 0 saturated heterocycles. The van der Waals surface area contributed by atoms with E-state index >= 15 is 0 Å². The van der Waals surface area contributed by atoms with Crippen molar-refractivity contribution in [2.45, 2.75) is 13.8 Å². The zero-order chi connectivity index (χ0) is 27.3. The summed E-state index contributed by atoms with van der Waals surface area (Å²) in [6.07, 6.45) is 6.73. The van der Waals surface area contributed by atoms with E-state index < -0.39 is 11.3 Å². The zero-order valence-electron chi connectivity index (χ0n) is 20.9. The van der Waals surface area contributed by atoms with Gasteiger partial charge in [-0.15, -0.1) is 0 Å². The average molecular weight is 521 g/mol. The van der Waals surface area contributed by atoms with Crippen molar-refractivity contribution in [3.05, 3.63) is 128 Å². The van der Waals surface area contributed by atoms with Gasteiger partial charge in [-0.2, -0.15) is 0 Å². The maximum Gasteiger partial charge on any atom is 0.339 e. The van der Waals surface area contributed by atoms with Crippen LogP contribution < -0.4 is 20.7 Å². The molecule has 38 heavy (non-hydrogen) atoms. The van der Waals surface area contributed by atoms with Crippen molar-refractivity contribution in [3.8, 4) is 11.5 Å². The summed E-state index contributed by atoms with van der Waals surface area (Å²) in [6.45, 7) is 4.63. The highest BCUT2D eigenvalue weighted by atomic mass is 19.1. The second kappa shape index (κ2) is 14.1. The van der Waals surface area contributed by atoms with E-state index in [1.807, 2.05) is 13.8 Å². The molecule has 6 nitrogen and oxygen atoms in total. The van der Waals surface area contributed by atoms with E-state index in [-0.39, 0.29) is 11.6 Å². The number of rotatable bonds is 8. The van der Waals surface area contributed by atoms with Crippen molar-refractivity contribution in [2.75, 3.05) is 13.2 Å². The molecule has 0 aliphatic heterocycles. The fourth-order valence-electron chi connectivity index (χ4n) is 3.11. The van der Waals surface area contributed by atoms with Gasteiger partial charge in [-0.25, -0.2) is 18.4 Å². The standard InChI is InChI=1S/2C15H13FO3/c2*1-2-18-14-9-13(19-15(17)10-14)8-5-11-3-6-12(16)7-4-11/h2*3-10H,2H2,1H3/b2*8-5+. The topological polar surface area (TPSA) is 78.9 Å². The number of halogens is 2. The van der Waals surface area contributed by atoms with E-state index in [9.17, 15) is 18.4 Å². The second-order valence-electron chi connectivity index (χ2n) is 7.66. The summed E-state index contributed by atoms with van der Waals surface area (Å²) in [5, 5.41) is 0. The van der Waals surface area contributed by atoms with Crippen LogP contribution in [0.25, 0.3) is 24.3 Å². The lowest BCUT2D eigenvalue weighted by Gasteiger charge is -2.01. The molecular formula is C30H26F2O6. The summed E-state index contributed by atoms with van der Waals surface area (Å²) < 4.78 is 46.0. The average Bonchev–Trinajstić information content (AvgIpc) is 2.88. The highest BCUT2D eigenvalue weighted by Crippen LogP contribution is 2.15. The third-order valence-electron chi connectivity index (χ3n) is 4.77. The predicted octanol–water partition coefficient (Wildman–Crippen LogP) is 6.70. The van der Waals surface area contributed by atoms with Gasteiger partial charge in [0.05, 0.1) is 25.3 Å². The fourth-order valence-corrected chi connectivity index (χ4v) is 3.11. The summed E-state index contributed by atoms with van der Waals surface area (Å²) in [7, 11) is 0. The van der Waals surface area contributed by atoms with E-state index in [0.29, 0.717) is 36.2 Å². The first-order chi connectivity index (χ1) is 18.3. The number of benzene rings is 2. The lowest BCUT2D eigenvalue weighted by molar-refractivity contribution is 0.333. The van der Waals surface area contributed by atoms with Gasteiger partial charge in [0, 0.05) is 12.1 Å². The monoisotopic (exact) mass is 520 g/mol. The Bertz CT molecular complexity index is 1370. The molecule has 0 aliphatic carbocycles. The first kappa shape index (κ1) is 27.9. The van der Waals surface area contributed by atoms with Crippen LogP contribution in [0.15, 0.2) is 91.2 Å². The molecule has 2 aromatic heterocycles. The Labute approximate surface area is 218 Å². The van der Waals surface area contributed by atoms with Crippen LogP contribution >= 0.6 is 0 Å². The van der Waals surface area contributed by atoms with Crippen molar-refractivity contribution >= 4 is 24.3 Å². The molecule has 4 rings (SSSR count). The Kier molecular flexibility index (Phi) is 10.4. The largest absolute Gasteiger partial charge is 0.493 e. The molecule has 4 aromatic rings. The Hall–Kier alpha value is -4.72. The van der Waals surface area contributed by atoms with Crippen LogP contribution in [0.4, 0.5) is 8.78 Å². The number of hydrogen-bond donors (Lipinski definition) is 0. The van der Waals surface area contributed by atoms with E-state index in [2.05, 4.69) is 0 Å². The SMILES string of the molecule is CCOc1cc(/C=C/c2ccc(F)cc2)oc(=O)c1.CCOc1cc(/C=C/c2ccc(F)cc2)oc(=O)c1. The van der Waals surface area contributed by atoms with Crippen LogP contribution in [0.5, 0.6) is 11.5 Å². The van der Waals surface area contributed by atoms with E-state index in [0.717, 1.165) is 11.1 Å². The van der Waals surface area contributed by atoms with Crippen molar-refractivity contribution in [2.24, 2.45) is 0 Å². The van der Waals surface area contributed by atoms with Crippen molar-refractivity contribution in [1.82, 2.24) is 0 Å². The van der Waals surface area contributed by atoms with Crippen LogP contribution in [0.3, 0.4) is 0 Å². The lowest BCUT2D eigenvalue weighted by Crippen LogP contribution is -2.01. The molecule has 2 heterocycles. The van der Waals surface area contributed by atoms with Crippen molar-refractivity contribution in [1.29, 1.82) is 0 Å². The van der Waals surface area contributed by atoms with E-state index in [1.54, 1.807) is 60.7 Å². The molecule has 2 aromatic carbocycles. The molecule has 0 saturated carbocycles. The van der Waals surface area contributed by atoms with E-state index in [4.69, 9.17) is 18.3 Å². The van der Waals surface area contributed by atoms with Crippen molar-refractivity contribution in [3.63, 3.8) is 0 Å². The number of ether oxygens (including phenoxy) is 2. The number of hydrogen-bond acceptors (Lipinski definition) is 6. The summed E-state index contributed by atoms with van der Waals surface area (Å²) in [5.41, 5.74) is 0.686. The minimum absolute atomic E-state index is 0.290. The van der Waals surface area contributed by atoms with Crippen LogP contribution in [-0.2, 0) is 0 Å². The maximum atomic E-state index is 12.7. The molecule has 0 N–H and O–H groups in total. The molecule has 0 fully saturated rings. The van der Waals surface area contributed by atoms with Crippen LogP contribution in [0, 0.1) is 11.6 Å². The normalized spacial score (nSPS) is 10.8. The quantitative estimate of drug-likeness (QED) is 0.257. The Morgan fingerprint density at radius 1 is 0.605 bits per heavy atom. The zero-order valence-corrected chi connectivity index (χ0v) is 20.9. The maximum absolute atomic E-state index is 12.7. The Balaban J connectivity index is 0.000000211. The highest BCUT2D eigenvalue weighted by Gasteiger charge is 2.01. The predicted molar refractivity (Wildman–Crippen MR) is 143 cm³/mol. The molecule has 0 spiro atoms. The summed E-state index contributed by atoms with van der Waals surface area (Å²) in [5.74, 6) is 1.14. The minimum atomic E-state index is -0.468. The van der Waals surface area contributed by atoms with Crippen molar-refractivity contribution < 1.29 is 27.1 Å². The second-order valence-corrected chi connectivity index (χ2v) is 7.66. The molecule has 0 unspecified atom stereocenters. The van der Waals surface area contributed by atoms with Gasteiger partial charge in [0.1, 0.15) is 34.7 Å². The van der Waals surface area contributed by atoms with Crippen LogP contribution in [0.1, 0.15) is 36.5 Å². The van der Waals surface area contributed by atoms with Gasteiger partial charge in [-0.05, 0) is 61.4 Å². The van der Waals surface area contributed by atoms with Crippen LogP contribution in [-0.4, -0.2) is 13.2 Å². The molecule has 0 radical (unpaired) electrons. The van der Waals surface area contributed by atoms with E-state index in [1.165, 1.54) is 36.4 Å². The van der Waals surface area contributed by atoms with Gasteiger partial charge in [0.25, 0.3) is 0 Å². The molecule has 0 amide bonds. The summed E-state index contributed by atoms with van der Waals surface area (Å²) >= 11 is 0. The molecule has 0 atom stereocenters. The third kappa shape index (κ3) is 9.39. The first-order valence-electron chi connectivity index (χ1n) is 11.8. The van der Waals surface area contributed by atoms with Gasteiger partial charge >= 0.3 is 11.3 Å². The van der Waals surface area contributed by atoms with Gasteiger partial charge in [0.15, 0.2) is 0 Å². The molecule has 0 bridgehead atoms. The van der Waals surface area contributed by atoms with Gasteiger partial charge in [-0.1, -0.05) is 36.4 Å². The van der Waals surface area contributed by atoms with Gasteiger partial charge < -0.3 is 18.3 Å². The minimum Gasteiger partial charge on any atom is -0.493 e. The molecule has 0 aliphatic rings. The van der Waals surface area contributed by atoms with Gasteiger partial charge in [0.2, 0.25) is 0 Å². The fraction of sp³-hybridized carbons (Fsp3) is 0.133. The summed E-state index contributed by atoms with van der Waals surface area (Å²) in [4.78, 5) is 22.6. The first-order valence-corrected chi connectivity index (χ1v) is 11.8.